The van der Waals surface area contributed by atoms with Crippen LogP contribution in [0.25, 0.3) is 0 Å². The van der Waals surface area contributed by atoms with E-state index in [0.29, 0.717) is 15.2 Å². The Bertz CT molecular complexity index is 459. The van der Waals surface area contributed by atoms with Crippen LogP contribution in [-0.2, 0) is 9.59 Å². The summed E-state index contributed by atoms with van der Waals surface area (Å²) in [5.74, 6) is -1.72. The number of amides is 1. The molecule has 0 saturated carbocycles. The lowest BCUT2D eigenvalue weighted by molar-refractivity contribution is -0.131. The fourth-order valence-electron chi connectivity index (χ4n) is 0.922. The molecule has 0 unspecified atom stereocenters. The normalized spacial score (nSPS) is 10.4. The molecule has 0 aliphatic heterocycles. The molecule has 0 saturated heterocycles. The molecule has 0 heterocycles. The van der Waals surface area contributed by atoms with Crippen LogP contribution in [0.2, 0.25) is 5.02 Å². The van der Waals surface area contributed by atoms with Crippen LogP contribution in [0.4, 0.5) is 5.69 Å². The lowest BCUT2D eigenvalue weighted by atomic mass is 10.3. The van der Waals surface area contributed by atoms with Crippen LogP contribution >= 0.6 is 27.5 Å². The van der Waals surface area contributed by atoms with Crippen molar-refractivity contribution in [1.82, 2.24) is 0 Å². The molecular weight excluding hydrogens is 297 g/mol. The van der Waals surface area contributed by atoms with Gasteiger partial charge in [0.05, 0.1) is 15.2 Å². The first-order valence-electron chi connectivity index (χ1n) is 4.16. The molecule has 2 N–H and O–H groups in total. The largest absolute Gasteiger partial charge is 0.478 e. The van der Waals surface area contributed by atoms with Crippen LogP contribution in [0.15, 0.2) is 34.8 Å². The van der Waals surface area contributed by atoms with Gasteiger partial charge in [0.25, 0.3) is 0 Å². The lowest BCUT2D eigenvalue weighted by Crippen LogP contribution is -2.09. The van der Waals surface area contributed by atoms with Crippen molar-refractivity contribution in [1.29, 1.82) is 0 Å². The van der Waals surface area contributed by atoms with Gasteiger partial charge in [-0.3, -0.25) is 4.79 Å². The van der Waals surface area contributed by atoms with Gasteiger partial charge < -0.3 is 10.4 Å². The highest BCUT2D eigenvalue weighted by Crippen LogP contribution is 2.29. The maximum absolute atomic E-state index is 11.3. The second-order valence-corrected chi connectivity index (χ2v) is 3.96. The number of carboxylic acids is 1. The molecular formula is C10H7BrClNO3. The first kappa shape index (κ1) is 12.7. The first-order valence-corrected chi connectivity index (χ1v) is 5.34. The SMILES string of the molecule is O=C(O)/C=C/C(=O)Nc1cccc(Cl)c1Br. The van der Waals surface area contributed by atoms with Gasteiger partial charge in [-0.2, -0.15) is 0 Å². The molecule has 1 aromatic rings. The van der Waals surface area contributed by atoms with Crippen molar-refractivity contribution in [3.05, 3.63) is 39.8 Å². The van der Waals surface area contributed by atoms with E-state index in [4.69, 9.17) is 16.7 Å². The smallest absolute Gasteiger partial charge is 0.328 e. The van der Waals surface area contributed by atoms with E-state index >= 15 is 0 Å². The molecule has 0 aliphatic rings. The van der Waals surface area contributed by atoms with Crippen molar-refractivity contribution in [2.24, 2.45) is 0 Å². The Hall–Kier alpha value is -1.33. The van der Waals surface area contributed by atoms with Crippen LogP contribution < -0.4 is 5.32 Å². The van der Waals surface area contributed by atoms with Crippen LogP contribution in [-0.4, -0.2) is 17.0 Å². The predicted molar refractivity (Wildman–Crippen MR) is 64.6 cm³/mol. The highest BCUT2D eigenvalue weighted by molar-refractivity contribution is 9.10. The van der Waals surface area contributed by atoms with Crippen molar-refractivity contribution in [2.45, 2.75) is 0 Å². The lowest BCUT2D eigenvalue weighted by Gasteiger charge is -2.05. The van der Waals surface area contributed by atoms with Gasteiger partial charge in [-0.15, -0.1) is 0 Å². The third kappa shape index (κ3) is 3.67. The maximum Gasteiger partial charge on any atom is 0.328 e. The Morgan fingerprint density at radius 1 is 1.38 bits per heavy atom. The predicted octanol–water partition coefficient (Wildman–Crippen LogP) is 2.68. The zero-order valence-corrected chi connectivity index (χ0v) is 10.2. The number of benzene rings is 1. The molecule has 6 heteroatoms. The van der Waals surface area contributed by atoms with Gasteiger partial charge in [0.15, 0.2) is 0 Å². The zero-order chi connectivity index (χ0) is 12.1. The van der Waals surface area contributed by atoms with Gasteiger partial charge in [0.2, 0.25) is 5.91 Å². The zero-order valence-electron chi connectivity index (χ0n) is 7.91. The third-order valence-electron chi connectivity index (χ3n) is 1.59. The summed E-state index contributed by atoms with van der Waals surface area (Å²) in [4.78, 5) is 21.4. The summed E-state index contributed by atoms with van der Waals surface area (Å²) in [5, 5.41) is 11.3. The molecule has 0 spiro atoms. The second kappa shape index (κ2) is 5.67. The van der Waals surface area contributed by atoms with E-state index < -0.39 is 11.9 Å². The summed E-state index contributed by atoms with van der Waals surface area (Å²) in [6, 6.07) is 4.97. The maximum atomic E-state index is 11.3. The highest BCUT2D eigenvalue weighted by atomic mass is 79.9. The van der Waals surface area contributed by atoms with Gasteiger partial charge in [0, 0.05) is 12.2 Å². The summed E-state index contributed by atoms with van der Waals surface area (Å²) < 4.78 is 0.550. The number of nitrogens with one attached hydrogen (secondary N) is 1. The monoisotopic (exact) mass is 303 g/mol. The standard InChI is InChI=1S/C10H7BrClNO3/c11-10-6(12)2-1-3-7(10)13-8(14)4-5-9(15)16/h1-5H,(H,13,14)(H,15,16)/b5-4+. The average Bonchev–Trinajstić information content (AvgIpc) is 2.22. The number of hydrogen-bond donors (Lipinski definition) is 2. The minimum absolute atomic E-state index is 0.458. The number of hydrogen-bond acceptors (Lipinski definition) is 2. The van der Waals surface area contributed by atoms with E-state index in [2.05, 4.69) is 21.2 Å². The molecule has 4 nitrogen and oxygen atoms in total. The van der Waals surface area contributed by atoms with Crippen LogP contribution in [0.1, 0.15) is 0 Å². The molecule has 16 heavy (non-hydrogen) atoms. The van der Waals surface area contributed by atoms with Gasteiger partial charge in [-0.05, 0) is 28.1 Å². The minimum atomic E-state index is -1.18. The summed E-state index contributed by atoms with van der Waals surface area (Å²) in [6.45, 7) is 0. The summed E-state index contributed by atoms with van der Waals surface area (Å²) in [5.41, 5.74) is 0.479. The number of carbonyl (C=O) groups is 2. The third-order valence-corrected chi connectivity index (χ3v) is 2.98. The van der Waals surface area contributed by atoms with Gasteiger partial charge in [-0.1, -0.05) is 17.7 Å². The fraction of sp³-hybridized carbons (Fsp3) is 0. The Morgan fingerprint density at radius 2 is 2.06 bits per heavy atom. The van der Waals surface area contributed by atoms with Crippen LogP contribution in [0, 0.1) is 0 Å². The topological polar surface area (TPSA) is 66.4 Å². The summed E-state index contributed by atoms with van der Waals surface area (Å²) >= 11 is 9.02. The van der Waals surface area contributed by atoms with Gasteiger partial charge in [-0.25, -0.2) is 4.79 Å². The number of carboxylic acid groups (broad SMARTS) is 1. The van der Waals surface area contributed by atoms with Crippen LogP contribution in [0.3, 0.4) is 0 Å². The molecule has 1 amide bonds. The van der Waals surface area contributed by atoms with E-state index in [1.54, 1.807) is 18.2 Å². The van der Waals surface area contributed by atoms with Crippen molar-refractivity contribution < 1.29 is 14.7 Å². The van der Waals surface area contributed by atoms with E-state index in [9.17, 15) is 9.59 Å². The highest BCUT2D eigenvalue weighted by Gasteiger charge is 2.05. The molecule has 1 rings (SSSR count). The van der Waals surface area contributed by atoms with Crippen molar-refractivity contribution >= 4 is 45.1 Å². The number of anilines is 1. The molecule has 0 aromatic heterocycles. The van der Waals surface area contributed by atoms with Crippen molar-refractivity contribution in [3.8, 4) is 0 Å². The minimum Gasteiger partial charge on any atom is -0.478 e. The molecule has 0 atom stereocenters. The molecule has 1 aromatic carbocycles. The first-order chi connectivity index (χ1) is 7.50. The number of carbonyl (C=O) groups excluding carboxylic acids is 1. The summed E-state index contributed by atoms with van der Waals surface area (Å²) in [7, 11) is 0. The van der Waals surface area contributed by atoms with E-state index in [-0.39, 0.29) is 0 Å². The average molecular weight is 305 g/mol. The number of halogens is 2. The molecule has 0 aliphatic carbocycles. The fourth-order valence-corrected chi connectivity index (χ4v) is 1.46. The quantitative estimate of drug-likeness (QED) is 0.844. The Labute approximate surface area is 105 Å². The Balaban J connectivity index is 2.78. The Kier molecular flexibility index (Phi) is 4.52. The van der Waals surface area contributed by atoms with Gasteiger partial charge in [0.1, 0.15) is 0 Å². The van der Waals surface area contributed by atoms with Gasteiger partial charge >= 0.3 is 5.97 Å². The summed E-state index contributed by atoms with van der Waals surface area (Å²) in [6.07, 6.45) is 1.68. The molecule has 84 valence electrons. The number of aliphatic carboxylic acids is 1. The number of rotatable bonds is 3. The van der Waals surface area contributed by atoms with E-state index in [1.807, 2.05) is 0 Å². The molecule has 0 radical (unpaired) electrons. The van der Waals surface area contributed by atoms with Crippen LogP contribution in [0.5, 0.6) is 0 Å². The Morgan fingerprint density at radius 3 is 2.69 bits per heavy atom. The second-order valence-electron chi connectivity index (χ2n) is 2.76. The molecule has 0 bridgehead atoms. The van der Waals surface area contributed by atoms with E-state index in [1.165, 1.54) is 0 Å². The van der Waals surface area contributed by atoms with E-state index in [0.717, 1.165) is 12.2 Å². The van der Waals surface area contributed by atoms with Crippen molar-refractivity contribution in [3.63, 3.8) is 0 Å². The van der Waals surface area contributed by atoms with Crippen molar-refractivity contribution in [2.75, 3.05) is 5.32 Å². The molecule has 0 fully saturated rings.